The molecule has 0 radical (unpaired) electrons. The lowest BCUT2D eigenvalue weighted by Gasteiger charge is -2.13. The summed E-state index contributed by atoms with van der Waals surface area (Å²) in [5.74, 6) is -1.29. The number of carbonyl (C=O) groups is 2. The van der Waals surface area contributed by atoms with Gasteiger partial charge in [-0.1, -0.05) is 0 Å². The molecule has 0 aromatic heterocycles. The van der Waals surface area contributed by atoms with Gasteiger partial charge in [-0.25, -0.2) is 0 Å². The highest BCUT2D eigenvalue weighted by atomic mass is 16.2. The first-order chi connectivity index (χ1) is 4.46. The Morgan fingerprint density at radius 3 is 1.90 bits per heavy atom. The van der Waals surface area contributed by atoms with E-state index < -0.39 is 17.9 Å². The molecule has 5 nitrogen and oxygen atoms in total. The summed E-state index contributed by atoms with van der Waals surface area (Å²) in [4.78, 5) is 22.3. The third-order valence-corrected chi connectivity index (χ3v) is 1.01. The second-order valence-corrected chi connectivity index (χ2v) is 2.11. The molecule has 5 heteroatoms. The summed E-state index contributed by atoms with van der Waals surface area (Å²) in [5.41, 5.74) is 9.86. The fourth-order valence-corrected chi connectivity index (χ4v) is 0.400. The number of primary amides is 1. The molecular weight excluding hydrogens is 134 g/mol. The van der Waals surface area contributed by atoms with Crippen LogP contribution in [0.3, 0.4) is 0 Å². The molecule has 0 bridgehead atoms. The Balaban J connectivity index is 4.08. The number of carbonyl (C=O) groups excluding carboxylic acids is 2. The van der Waals surface area contributed by atoms with Gasteiger partial charge in [0.05, 0.1) is 0 Å². The number of nitrogens with two attached hydrogens (primary N) is 2. The third-order valence-electron chi connectivity index (χ3n) is 1.01. The average molecular weight is 145 g/mol. The summed E-state index contributed by atoms with van der Waals surface area (Å²) in [7, 11) is 3.01. The number of hydrogen-bond acceptors (Lipinski definition) is 3. The van der Waals surface area contributed by atoms with Crippen LogP contribution in [0.15, 0.2) is 0 Å². The zero-order chi connectivity index (χ0) is 8.31. The summed E-state index contributed by atoms with van der Waals surface area (Å²) in [6.45, 7) is 0. The molecule has 0 saturated heterocycles. The summed E-state index contributed by atoms with van der Waals surface area (Å²) < 4.78 is 0. The summed E-state index contributed by atoms with van der Waals surface area (Å²) in [6.07, 6.45) is 0. The van der Waals surface area contributed by atoms with Crippen LogP contribution in [0.1, 0.15) is 0 Å². The maximum Gasteiger partial charge on any atom is 0.248 e. The van der Waals surface area contributed by atoms with Crippen molar-refractivity contribution >= 4 is 11.8 Å². The van der Waals surface area contributed by atoms with Gasteiger partial charge in [0.15, 0.2) is 6.04 Å². The Morgan fingerprint density at radius 1 is 1.40 bits per heavy atom. The van der Waals surface area contributed by atoms with Crippen molar-refractivity contribution in [1.29, 1.82) is 0 Å². The molecule has 0 fully saturated rings. The molecule has 58 valence electrons. The number of nitrogens with zero attached hydrogens (tertiary/aromatic N) is 1. The topological polar surface area (TPSA) is 89.4 Å². The molecule has 0 aliphatic heterocycles. The molecular formula is C5H11N3O2. The standard InChI is InChI=1S/C5H11N3O2/c1-8(2)5(10)3(6)4(7)9/h3H,6H2,1-2H3,(H2,7,9). The maximum absolute atomic E-state index is 10.8. The predicted octanol–water partition coefficient (Wildman–Crippen LogP) is -2.11. The van der Waals surface area contributed by atoms with Crippen molar-refractivity contribution < 1.29 is 9.59 Å². The van der Waals surface area contributed by atoms with Crippen LogP contribution in [0.4, 0.5) is 0 Å². The molecule has 2 amide bonds. The molecule has 0 aromatic carbocycles. The smallest absolute Gasteiger partial charge is 0.248 e. The van der Waals surface area contributed by atoms with Crippen molar-refractivity contribution in [3.05, 3.63) is 0 Å². The molecule has 10 heavy (non-hydrogen) atoms. The Morgan fingerprint density at radius 2 is 1.80 bits per heavy atom. The van der Waals surface area contributed by atoms with E-state index in [0.717, 1.165) is 0 Å². The van der Waals surface area contributed by atoms with E-state index in [9.17, 15) is 9.59 Å². The first-order valence-electron chi connectivity index (χ1n) is 2.73. The molecule has 1 unspecified atom stereocenters. The Kier molecular flexibility index (Phi) is 2.82. The monoisotopic (exact) mass is 145 g/mol. The first-order valence-corrected chi connectivity index (χ1v) is 2.73. The van der Waals surface area contributed by atoms with Crippen molar-refractivity contribution in [2.45, 2.75) is 6.04 Å². The first kappa shape index (κ1) is 8.90. The Labute approximate surface area is 59.0 Å². The highest BCUT2D eigenvalue weighted by Crippen LogP contribution is 1.83. The summed E-state index contributed by atoms with van der Waals surface area (Å²) in [5, 5.41) is 0. The van der Waals surface area contributed by atoms with Gasteiger partial charge in [-0.3, -0.25) is 9.59 Å². The number of hydrogen-bond donors (Lipinski definition) is 2. The van der Waals surface area contributed by atoms with Crippen molar-refractivity contribution in [3.8, 4) is 0 Å². The van der Waals surface area contributed by atoms with Gasteiger partial charge < -0.3 is 16.4 Å². The average Bonchev–Trinajstić information content (AvgIpc) is 1.84. The largest absolute Gasteiger partial charge is 0.368 e. The van der Waals surface area contributed by atoms with Crippen LogP contribution in [0.25, 0.3) is 0 Å². The van der Waals surface area contributed by atoms with Gasteiger partial charge in [-0.15, -0.1) is 0 Å². The minimum atomic E-state index is -1.21. The molecule has 0 aromatic rings. The molecule has 1 atom stereocenters. The van der Waals surface area contributed by atoms with Crippen LogP contribution < -0.4 is 11.5 Å². The summed E-state index contributed by atoms with van der Waals surface area (Å²) in [6, 6.07) is -1.21. The van der Waals surface area contributed by atoms with Crippen molar-refractivity contribution in [2.24, 2.45) is 11.5 Å². The van der Waals surface area contributed by atoms with Crippen LogP contribution in [0.2, 0.25) is 0 Å². The lowest BCUT2D eigenvalue weighted by atomic mass is 10.3. The van der Waals surface area contributed by atoms with Crippen LogP contribution in [0, 0.1) is 0 Å². The highest BCUT2D eigenvalue weighted by molar-refractivity contribution is 6.03. The van der Waals surface area contributed by atoms with Crippen LogP contribution in [-0.4, -0.2) is 36.9 Å². The van der Waals surface area contributed by atoms with Crippen molar-refractivity contribution in [3.63, 3.8) is 0 Å². The molecule has 0 aliphatic rings. The van der Waals surface area contributed by atoms with Gasteiger partial charge in [0, 0.05) is 14.1 Å². The Hall–Kier alpha value is -1.10. The summed E-state index contributed by atoms with van der Waals surface area (Å²) >= 11 is 0. The molecule has 0 heterocycles. The maximum atomic E-state index is 10.8. The Bertz CT molecular complexity index is 155. The second-order valence-electron chi connectivity index (χ2n) is 2.11. The van der Waals surface area contributed by atoms with E-state index in [0.29, 0.717) is 0 Å². The minimum absolute atomic E-state index is 0.479. The van der Waals surface area contributed by atoms with Gasteiger partial charge in [0.25, 0.3) is 0 Å². The van der Waals surface area contributed by atoms with Crippen LogP contribution in [0.5, 0.6) is 0 Å². The second kappa shape index (κ2) is 3.17. The lowest BCUT2D eigenvalue weighted by Crippen LogP contribution is -2.48. The van der Waals surface area contributed by atoms with E-state index in [1.165, 1.54) is 19.0 Å². The number of likely N-dealkylation sites (N-methyl/N-ethyl adjacent to an activating group) is 1. The third kappa shape index (κ3) is 2.02. The highest BCUT2D eigenvalue weighted by Gasteiger charge is 2.20. The van der Waals surface area contributed by atoms with Gasteiger partial charge in [-0.2, -0.15) is 0 Å². The van der Waals surface area contributed by atoms with E-state index in [2.05, 4.69) is 0 Å². The molecule has 0 saturated carbocycles. The normalized spacial score (nSPS) is 12.3. The zero-order valence-electron chi connectivity index (χ0n) is 6.00. The van der Waals surface area contributed by atoms with E-state index in [4.69, 9.17) is 11.5 Å². The van der Waals surface area contributed by atoms with Crippen LogP contribution >= 0.6 is 0 Å². The number of rotatable bonds is 2. The van der Waals surface area contributed by atoms with Crippen molar-refractivity contribution in [1.82, 2.24) is 4.90 Å². The van der Waals surface area contributed by atoms with E-state index in [1.54, 1.807) is 0 Å². The predicted molar refractivity (Wildman–Crippen MR) is 35.9 cm³/mol. The molecule has 0 aliphatic carbocycles. The molecule has 4 N–H and O–H groups in total. The molecule has 0 spiro atoms. The number of amides is 2. The fraction of sp³-hybridized carbons (Fsp3) is 0.600. The van der Waals surface area contributed by atoms with E-state index >= 15 is 0 Å². The van der Waals surface area contributed by atoms with Gasteiger partial charge in [0.2, 0.25) is 11.8 Å². The van der Waals surface area contributed by atoms with Crippen LogP contribution in [-0.2, 0) is 9.59 Å². The minimum Gasteiger partial charge on any atom is -0.368 e. The van der Waals surface area contributed by atoms with Gasteiger partial charge in [-0.05, 0) is 0 Å². The van der Waals surface area contributed by atoms with Gasteiger partial charge in [0.1, 0.15) is 0 Å². The lowest BCUT2D eigenvalue weighted by molar-refractivity contribution is -0.135. The zero-order valence-corrected chi connectivity index (χ0v) is 6.00. The molecule has 0 rings (SSSR count). The quantitative estimate of drug-likeness (QED) is 0.435. The fourth-order valence-electron chi connectivity index (χ4n) is 0.400. The van der Waals surface area contributed by atoms with Crippen molar-refractivity contribution in [2.75, 3.05) is 14.1 Å². The van der Waals surface area contributed by atoms with Gasteiger partial charge >= 0.3 is 0 Å². The van der Waals surface area contributed by atoms with E-state index in [-0.39, 0.29) is 0 Å². The SMILES string of the molecule is CN(C)C(=O)C(N)C(N)=O. The van der Waals surface area contributed by atoms with E-state index in [1.807, 2.05) is 0 Å².